The van der Waals surface area contributed by atoms with Gasteiger partial charge in [0, 0.05) is 5.02 Å². The van der Waals surface area contributed by atoms with Crippen LogP contribution in [-0.2, 0) is 14.3 Å². The molecule has 0 aliphatic rings. The van der Waals surface area contributed by atoms with Gasteiger partial charge in [-0.05, 0) is 37.1 Å². The molecule has 4 heteroatoms. The monoisotopic (exact) mass is 252 g/mol. The van der Waals surface area contributed by atoms with E-state index in [1.165, 1.54) is 20.1 Å². The van der Waals surface area contributed by atoms with Gasteiger partial charge >= 0.3 is 5.97 Å². The van der Waals surface area contributed by atoms with Crippen molar-refractivity contribution in [3.63, 3.8) is 0 Å². The van der Waals surface area contributed by atoms with Crippen LogP contribution in [0.1, 0.15) is 18.1 Å². The second-order valence-electron chi connectivity index (χ2n) is 3.56. The number of ether oxygens (including phenoxy) is 1. The molecule has 0 atom stereocenters. The summed E-state index contributed by atoms with van der Waals surface area (Å²) in [5.41, 5.74) is 1.56. The number of rotatable bonds is 3. The molecule has 1 aromatic carbocycles. The first-order valence-corrected chi connectivity index (χ1v) is 5.41. The summed E-state index contributed by atoms with van der Waals surface area (Å²) in [6.45, 7) is 3.14. The maximum Gasteiger partial charge on any atom is 0.341 e. The van der Waals surface area contributed by atoms with Gasteiger partial charge in [-0.25, -0.2) is 4.79 Å². The summed E-state index contributed by atoms with van der Waals surface area (Å²) in [6.07, 6.45) is 1.50. The molecule has 0 bridgehead atoms. The van der Waals surface area contributed by atoms with Crippen LogP contribution in [0, 0.1) is 6.92 Å². The van der Waals surface area contributed by atoms with Gasteiger partial charge in [-0.2, -0.15) is 0 Å². The lowest BCUT2D eigenvalue weighted by molar-refractivity contribution is -0.137. The molecule has 17 heavy (non-hydrogen) atoms. The van der Waals surface area contributed by atoms with Gasteiger partial charge in [0.1, 0.15) is 5.57 Å². The highest BCUT2D eigenvalue weighted by Gasteiger charge is 2.15. The number of esters is 1. The van der Waals surface area contributed by atoms with E-state index < -0.39 is 5.97 Å². The van der Waals surface area contributed by atoms with Crippen LogP contribution in [0.15, 0.2) is 23.8 Å². The lowest BCUT2D eigenvalue weighted by Gasteiger charge is -2.05. The minimum Gasteiger partial charge on any atom is -0.465 e. The summed E-state index contributed by atoms with van der Waals surface area (Å²) in [5, 5.41) is 0.589. The predicted molar refractivity (Wildman–Crippen MR) is 66.9 cm³/mol. The van der Waals surface area contributed by atoms with E-state index >= 15 is 0 Å². The van der Waals surface area contributed by atoms with Crippen molar-refractivity contribution in [3.05, 3.63) is 39.9 Å². The number of methoxy groups -OCH3 is 1. The van der Waals surface area contributed by atoms with Crippen molar-refractivity contribution < 1.29 is 14.3 Å². The van der Waals surface area contributed by atoms with Gasteiger partial charge < -0.3 is 4.74 Å². The fraction of sp³-hybridized carbons (Fsp3) is 0.231. The summed E-state index contributed by atoms with van der Waals surface area (Å²) in [7, 11) is 1.24. The number of benzene rings is 1. The van der Waals surface area contributed by atoms with E-state index in [2.05, 4.69) is 4.74 Å². The Labute approximate surface area is 105 Å². The van der Waals surface area contributed by atoms with Crippen molar-refractivity contribution in [2.45, 2.75) is 13.8 Å². The largest absolute Gasteiger partial charge is 0.465 e. The number of halogens is 1. The van der Waals surface area contributed by atoms with Crippen LogP contribution in [0.5, 0.6) is 0 Å². The highest BCUT2D eigenvalue weighted by molar-refractivity contribution is 6.31. The Bertz CT molecular complexity index is 489. The molecule has 0 saturated heterocycles. The third kappa shape index (κ3) is 3.17. The number of hydrogen-bond donors (Lipinski definition) is 0. The second kappa shape index (κ2) is 5.64. The molecule has 0 saturated carbocycles. The third-order valence-corrected chi connectivity index (χ3v) is 2.80. The Balaban J connectivity index is 3.27. The lowest BCUT2D eigenvalue weighted by atomic mass is 10.0. The molecule has 0 spiro atoms. The van der Waals surface area contributed by atoms with E-state index in [-0.39, 0.29) is 11.4 Å². The molecule has 0 fully saturated rings. The highest BCUT2D eigenvalue weighted by atomic mass is 35.5. The van der Waals surface area contributed by atoms with E-state index in [0.717, 1.165) is 11.1 Å². The molecule has 90 valence electrons. The average molecular weight is 253 g/mol. The quantitative estimate of drug-likeness (QED) is 0.360. The molecular weight excluding hydrogens is 240 g/mol. The zero-order valence-corrected chi connectivity index (χ0v) is 10.7. The van der Waals surface area contributed by atoms with E-state index in [1.54, 1.807) is 18.2 Å². The van der Waals surface area contributed by atoms with Crippen molar-refractivity contribution in [1.82, 2.24) is 0 Å². The lowest BCUT2D eigenvalue weighted by Crippen LogP contribution is -2.11. The molecule has 0 aliphatic carbocycles. The SMILES string of the molecule is COC(=O)/C(=C\c1cccc(Cl)c1C)C(C)=O. The fourth-order valence-corrected chi connectivity index (χ4v) is 1.53. The molecular formula is C13H13ClO3. The fourth-order valence-electron chi connectivity index (χ4n) is 1.35. The molecule has 3 nitrogen and oxygen atoms in total. The maximum absolute atomic E-state index is 11.4. The zero-order chi connectivity index (χ0) is 13.0. The van der Waals surface area contributed by atoms with Gasteiger partial charge in [-0.3, -0.25) is 4.79 Å². The van der Waals surface area contributed by atoms with Gasteiger partial charge in [0.15, 0.2) is 5.78 Å². The zero-order valence-electron chi connectivity index (χ0n) is 9.91. The van der Waals surface area contributed by atoms with Crippen LogP contribution >= 0.6 is 11.6 Å². The molecule has 1 rings (SSSR count). The molecule has 1 aromatic rings. The van der Waals surface area contributed by atoms with Crippen LogP contribution < -0.4 is 0 Å². The number of ketones is 1. The summed E-state index contributed by atoms with van der Waals surface area (Å²) >= 11 is 5.96. The van der Waals surface area contributed by atoms with Crippen molar-refractivity contribution in [1.29, 1.82) is 0 Å². The van der Waals surface area contributed by atoms with E-state index in [9.17, 15) is 9.59 Å². The van der Waals surface area contributed by atoms with Crippen molar-refractivity contribution in [2.75, 3.05) is 7.11 Å². The van der Waals surface area contributed by atoms with Gasteiger partial charge in [-0.1, -0.05) is 23.7 Å². The maximum atomic E-state index is 11.4. The molecule has 0 N–H and O–H groups in total. The summed E-state index contributed by atoms with van der Waals surface area (Å²) < 4.78 is 4.55. The Morgan fingerprint density at radius 1 is 1.35 bits per heavy atom. The first-order valence-electron chi connectivity index (χ1n) is 5.03. The molecule has 0 aromatic heterocycles. The van der Waals surface area contributed by atoms with Gasteiger partial charge in [0.2, 0.25) is 0 Å². The molecule has 0 aliphatic heterocycles. The Morgan fingerprint density at radius 2 is 2.00 bits per heavy atom. The topological polar surface area (TPSA) is 43.4 Å². The second-order valence-corrected chi connectivity index (χ2v) is 3.97. The predicted octanol–water partition coefficient (Wildman–Crippen LogP) is 2.79. The van der Waals surface area contributed by atoms with Crippen LogP contribution in [-0.4, -0.2) is 18.9 Å². The minimum atomic E-state index is -0.642. The first kappa shape index (κ1) is 13.5. The Hall–Kier alpha value is -1.61. The Kier molecular flexibility index (Phi) is 4.46. The first-order chi connectivity index (χ1) is 7.97. The normalized spacial score (nSPS) is 11.2. The molecule has 0 unspecified atom stereocenters. The summed E-state index contributed by atoms with van der Waals surface area (Å²) in [6, 6.07) is 5.29. The van der Waals surface area contributed by atoms with Crippen molar-refractivity contribution in [2.24, 2.45) is 0 Å². The standard InChI is InChI=1S/C13H13ClO3/c1-8-10(5-4-6-12(8)14)7-11(9(2)15)13(16)17-3/h4-7H,1-3H3/b11-7-. The smallest absolute Gasteiger partial charge is 0.341 e. The van der Waals surface area contributed by atoms with Crippen LogP contribution in [0.4, 0.5) is 0 Å². The number of Topliss-reactive ketones (excluding diaryl/α,β-unsaturated/α-hetero) is 1. The van der Waals surface area contributed by atoms with E-state index in [1.807, 2.05) is 6.92 Å². The summed E-state index contributed by atoms with van der Waals surface area (Å²) in [5.74, 6) is -0.979. The molecule has 0 heterocycles. The van der Waals surface area contributed by atoms with Crippen LogP contribution in [0.3, 0.4) is 0 Å². The van der Waals surface area contributed by atoms with Gasteiger partial charge in [0.05, 0.1) is 7.11 Å². The summed E-state index contributed by atoms with van der Waals surface area (Å²) in [4.78, 5) is 22.8. The third-order valence-electron chi connectivity index (χ3n) is 2.39. The Morgan fingerprint density at radius 3 is 2.53 bits per heavy atom. The van der Waals surface area contributed by atoms with Gasteiger partial charge in [0.25, 0.3) is 0 Å². The molecule has 0 amide bonds. The molecule has 0 radical (unpaired) electrons. The van der Waals surface area contributed by atoms with Crippen molar-refractivity contribution in [3.8, 4) is 0 Å². The highest BCUT2D eigenvalue weighted by Crippen LogP contribution is 2.21. The number of carbonyl (C=O) groups is 2. The van der Waals surface area contributed by atoms with Crippen LogP contribution in [0.25, 0.3) is 6.08 Å². The number of hydrogen-bond acceptors (Lipinski definition) is 3. The number of carbonyl (C=O) groups excluding carboxylic acids is 2. The van der Waals surface area contributed by atoms with E-state index in [4.69, 9.17) is 11.6 Å². The van der Waals surface area contributed by atoms with E-state index in [0.29, 0.717) is 5.02 Å². The average Bonchev–Trinajstić information content (AvgIpc) is 2.29. The van der Waals surface area contributed by atoms with Crippen molar-refractivity contribution >= 4 is 29.4 Å². The van der Waals surface area contributed by atoms with Crippen LogP contribution in [0.2, 0.25) is 5.02 Å². The minimum absolute atomic E-state index is 0.0119. The van der Waals surface area contributed by atoms with Gasteiger partial charge in [-0.15, -0.1) is 0 Å².